The van der Waals surface area contributed by atoms with E-state index in [0.29, 0.717) is 6.04 Å². The first-order valence-corrected chi connectivity index (χ1v) is 6.53. The van der Waals surface area contributed by atoms with Crippen LogP contribution in [0, 0.1) is 11.8 Å². The van der Waals surface area contributed by atoms with Crippen molar-refractivity contribution in [3.05, 3.63) is 0 Å². The second-order valence-corrected chi connectivity index (χ2v) is 6.06. The number of aliphatic hydroxyl groups is 1. The van der Waals surface area contributed by atoms with E-state index in [-0.39, 0.29) is 0 Å². The van der Waals surface area contributed by atoms with Gasteiger partial charge >= 0.3 is 0 Å². The Hall–Kier alpha value is -0.0800. The number of nitrogens with one attached hydrogen (secondary N) is 1. The SMILES string of the molecule is CC1CCC(O)(CNC2CC(C)C2)CC1. The Bertz CT molecular complexity index is 203. The third-order valence-corrected chi connectivity index (χ3v) is 4.30. The van der Waals surface area contributed by atoms with Crippen LogP contribution in [0.3, 0.4) is 0 Å². The highest BCUT2D eigenvalue weighted by molar-refractivity contribution is 4.90. The van der Waals surface area contributed by atoms with Gasteiger partial charge in [-0.2, -0.15) is 0 Å². The van der Waals surface area contributed by atoms with Crippen molar-refractivity contribution in [1.29, 1.82) is 0 Å². The number of hydrogen-bond acceptors (Lipinski definition) is 2. The standard InChI is InChI=1S/C13H25NO/c1-10-3-5-13(15,6-4-10)9-14-12-7-11(2)8-12/h10-12,14-15H,3-9H2,1-2H3. The average molecular weight is 211 g/mol. The molecule has 2 aliphatic carbocycles. The minimum atomic E-state index is -0.397. The molecule has 0 aliphatic heterocycles. The highest BCUT2D eigenvalue weighted by Crippen LogP contribution is 2.32. The Morgan fingerprint density at radius 2 is 1.73 bits per heavy atom. The zero-order valence-corrected chi connectivity index (χ0v) is 10.1. The van der Waals surface area contributed by atoms with E-state index in [9.17, 15) is 5.11 Å². The molecule has 2 fully saturated rings. The van der Waals surface area contributed by atoms with Gasteiger partial charge in [0.2, 0.25) is 0 Å². The van der Waals surface area contributed by atoms with Crippen molar-refractivity contribution in [3.63, 3.8) is 0 Å². The van der Waals surface area contributed by atoms with E-state index in [0.717, 1.165) is 31.2 Å². The van der Waals surface area contributed by atoms with Gasteiger partial charge < -0.3 is 10.4 Å². The summed E-state index contributed by atoms with van der Waals surface area (Å²) in [5.74, 6) is 1.71. The van der Waals surface area contributed by atoms with E-state index in [1.807, 2.05) is 0 Å². The minimum Gasteiger partial charge on any atom is -0.389 e. The van der Waals surface area contributed by atoms with Crippen LogP contribution < -0.4 is 5.32 Å². The maximum absolute atomic E-state index is 10.4. The molecule has 0 heterocycles. The molecule has 0 atom stereocenters. The van der Waals surface area contributed by atoms with Crippen molar-refractivity contribution in [1.82, 2.24) is 5.32 Å². The van der Waals surface area contributed by atoms with Crippen molar-refractivity contribution in [3.8, 4) is 0 Å². The Morgan fingerprint density at radius 3 is 2.27 bits per heavy atom. The molecule has 0 saturated heterocycles. The molecule has 0 aromatic heterocycles. The van der Waals surface area contributed by atoms with Gasteiger partial charge in [0.1, 0.15) is 0 Å². The van der Waals surface area contributed by atoms with Gasteiger partial charge in [0.05, 0.1) is 5.60 Å². The van der Waals surface area contributed by atoms with Crippen LogP contribution in [-0.4, -0.2) is 23.3 Å². The largest absolute Gasteiger partial charge is 0.389 e. The summed E-state index contributed by atoms with van der Waals surface area (Å²) in [5.41, 5.74) is -0.397. The number of hydrogen-bond donors (Lipinski definition) is 2. The molecule has 2 N–H and O–H groups in total. The molecule has 0 spiro atoms. The summed E-state index contributed by atoms with van der Waals surface area (Å²) in [6, 6.07) is 0.684. The van der Waals surface area contributed by atoms with E-state index >= 15 is 0 Å². The monoisotopic (exact) mass is 211 g/mol. The summed E-state index contributed by atoms with van der Waals surface area (Å²) in [7, 11) is 0. The summed E-state index contributed by atoms with van der Waals surface area (Å²) in [6.45, 7) is 5.41. The summed E-state index contributed by atoms with van der Waals surface area (Å²) in [5, 5.41) is 13.9. The predicted molar refractivity (Wildman–Crippen MR) is 62.8 cm³/mol. The molecule has 2 heteroatoms. The quantitative estimate of drug-likeness (QED) is 0.751. The van der Waals surface area contributed by atoms with Crippen LogP contribution in [0.2, 0.25) is 0 Å². The Morgan fingerprint density at radius 1 is 1.13 bits per heavy atom. The van der Waals surface area contributed by atoms with E-state index in [1.165, 1.54) is 25.7 Å². The van der Waals surface area contributed by atoms with Crippen LogP contribution in [0.15, 0.2) is 0 Å². The predicted octanol–water partition coefficient (Wildman–Crippen LogP) is 2.32. The molecule has 2 aliphatic rings. The van der Waals surface area contributed by atoms with E-state index in [4.69, 9.17) is 0 Å². The second kappa shape index (κ2) is 4.42. The molecule has 0 radical (unpaired) electrons. The zero-order chi connectivity index (χ0) is 10.9. The Labute approximate surface area is 93.5 Å². The lowest BCUT2D eigenvalue weighted by molar-refractivity contribution is -0.0117. The molecular formula is C13H25NO. The first-order valence-electron chi connectivity index (χ1n) is 6.53. The Balaban J connectivity index is 1.69. The molecule has 0 aromatic carbocycles. The first-order chi connectivity index (χ1) is 7.07. The third kappa shape index (κ3) is 2.94. The van der Waals surface area contributed by atoms with Crippen LogP contribution in [-0.2, 0) is 0 Å². The Kier molecular flexibility index (Phi) is 3.36. The van der Waals surface area contributed by atoms with E-state index < -0.39 is 5.60 Å². The average Bonchev–Trinajstić information content (AvgIpc) is 2.16. The third-order valence-electron chi connectivity index (χ3n) is 4.30. The van der Waals surface area contributed by atoms with Gasteiger partial charge in [0.25, 0.3) is 0 Å². The molecule has 0 bridgehead atoms. The molecule has 15 heavy (non-hydrogen) atoms. The van der Waals surface area contributed by atoms with Gasteiger partial charge in [0.15, 0.2) is 0 Å². The van der Waals surface area contributed by atoms with Gasteiger partial charge in [-0.05, 0) is 50.4 Å². The van der Waals surface area contributed by atoms with Gasteiger partial charge in [-0.15, -0.1) is 0 Å². The fourth-order valence-electron chi connectivity index (χ4n) is 2.88. The van der Waals surface area contributed by atoms with Crippen molar-refractivity contribution in [2.24, 2.45) is 11.8 Å². The molecule has 0 unspecified atom stereocenters. The van der Waals surface area contributed by atoms with Crippen LogP contribution in [0.4, 0.5) is 0 Å². The fourth-order valence-corrected chi connectivity index (χ4v) is 2.88. The highest BCUT2D eigenvalue weighted by Gasteiger charge is 2.33. The highest BCUT2D eigenvalue weighted by atomic mass is 16.3. The van der Waals surface area contributed by atoms with Crippen molar-refractivity contribution >= 4 is 0 Å². The van der Waals surface area contributed by atoms with Crippen LogP contribution in [0.5, 0.6) is 0 Å². The lowest BCUT2D eigenvalue weighted by Gasteiger charge is -2.39. The second-order valence-electron chi connectivity index (χ2n) is 6.06. The molecular weight excluding hydrogens is 186 g/mol. The van der Waals surface area contributed by atoms with Crippen molar-refractivity contribution < 1.29 is 5.11 Å². The van der Waals surface area contributed by atoms with Crippen LogP contribution in [0.1, 0.15) is 52.4 Å². The van der Waals surface area contributed by atoms with Crippen LogP contribution >= 0.6 is 0 Å². The van der Waals surface area contributed by atoms with Crippen molar-refractivity contribution in [2.75, 3.05) is 6.54 Å². The maximum Gasteiger partial charge on any atom is 0.0771 e. The topological polar surface area (TPSA) is 32.3 Å². The molecule has 2 rings (SSSR count). The van der Waals surface area contributed by atoms with E-state index in [1.54, 1.807) is 0 Å². The molecule has 0 amide bonds. The van der Waals surface area contributed by atoms with Crippen LogP contribution in [0.25, 0.3) is 0 Å². The lowest BCUT2D eigenvalue weighted by Crippen LogP contribution is -2.49. The molecule has 2 saturated carbocycles. The van der Waals surface area contributed by atoms with Gasteiger partial charge in [-0.3, -0.25) is 0 Å². The normalized spacial score (nSPS) is 46.2. The van der Waals surface area contributed by atoms with Gasteiger partial charge in [0, 0.05) is 12.6 Å². The smallest absolute Gasteiger partial charge is 0.0771 e. The van der Waals surface area contributed by atoms with Crippen molar-refractivity contribution in [2.45, 2.75) is 64.0 Å². The summed E-state index contributed by atoms with van der Waals surface area (Å²) in [4.78, 5) is 0. The van der Waals surface area contributed by atoms with E-state index in [2.05, 4.69) is 19.2 Å². The molecule has 0 aromatic rings. The maximum atomic E-state index is 10.4. The lowest BCUT2D eigenvalue weighted by atomic mass is 9.78. The minimum absolute atomic E-state index is 0.397. The van der Waals surface area contributed by atoms with Gasteiger partial charge in [-0.25, -0.2) is 0 Å². The summed E-state index contributed by atoms with van der Waals surface area (Å²) >= 11 is 0. The fraction of sp³-hybridized carbons (Fsp3) is 1.00. The van der Waals surface area contributed by atoms with Gasteiger partial charge in [-0.1, -0.05) is 13.8 Å². The molecule has 2 nitrogen and oxygen atoms in total. The zero-order valence-electron chi connectivity index (χ0n) is 10.1. The number of rotatable bonds is 3. The summed E-state index contributed by atoms with van der Waals surface area (Å²) < 4.78 is 0. The summed E-state index contributed by atoms with van der Waals surface area (Å²) in [6.07, 6.45) is 6.96. The molecule has 88 valence electrons. The first kappa shape index (κ1) is 11.4.